The lowest BCUT2D eigenvalue weighted by atomic mass is 10.1. The highest BCUT2D eigenvalue weighted by Crippen LogP contribution is 2.14. The highest BCUT2D eigenvalue weighted by molar-refractivity contribution is 7.12. The number of ether oxygens (including phenoxy) is 1. The first-order valence-corrected chi connectivity index (χ1v) is 9.94. The van der Waals surface area contributed by atoms with E-state index >= 15 is 0 Å². The maximum atomic E-state index is 12.4. The topological polar surface area (TPSA) is 87.2 Å². The lowest BCUT2D eigenvalue weighted by Gasteiger charge is -2.35. The number of ketones is 1. The molecule has 3 heterocycles. The number of amides is 3. The molecule has 0 aliphatic carbocycles. The number of piperazine rings is 1. The summed E-state index contributed by atoms with van der Waals surface area (Å²) in [6, 6.07) is 3.57. The zero-order valence-corrected chi connectivity index (χ0v) is 15.9. The van der Waals surface area contributed by atoms with E-state index < -0.39 is 11.8 Å². The third-order valence-electron chi connectivity index (χ3n) is 4.76. The summed E-state index contributed by atoms with van der Waals surface area (Å²) in [5.41, 5.74) is 0. The average molecular weight is 393 g/mol. The van der Waals surface area contributed by atoms with Crippen LogP contribution in [0.25, 0.3) is 0 Å². The molecule has 2 aliphatic rings. The fourth-order valence-corrected chi connectivity index (χ4v) is 3.83. The van der Waals surface area contributed by atoms with Crippen LogP contribution in [0.4, 0.5) is 0 Å². The number of carbonyl (C=O) groups excluding carboxylic acids is 4. The monoisotopic (exact) mass is 393 g/mol. The first-order valence-electron chi connectivity index (χ1n) is 9.06. The number of nitrogens with zero attached hydrogens (tertiary/aromatic N) is 3. The number of morpholine rings is 1. The van der Waals surface area contributed by atoms with Crippen molar-refractivity contribution in [3.63, 3.8) is 0 Å². The van der Waals surface area contributed by atoms with Gasteiger partial charge in [-0.15, -0.1) is 11.3 Å². The first kappa shape index (κ1) is 19.5. The van der Waals surface area contributed by atoms with Gasteiger partial charge in [0.05, 0.1) is 18.1 Å². The molecular weight excluding hydrogens is 370 g/mol. The molecular formula is C18H23N3O5S. The number of hydrogen-bond acceptors (Lipinski definition) is 6. The quantitative estimate of drug-likeness (QED) is 0.540. The van der Waals surface area contributed by atoms with E-state index in [2.05, 4.69) is 0 Å². The average Bonchev–Trinajstić information content (AvgIpc) is 3.26. The molecule has 146 valence electrons. The van der Waals surface area contributed by atoms with Gasteiger partial charge >= 0.3 is 11.8 Å². The van der Waals surface area contributed by atoms with Crippen LogP contribution in [0, 0.1) is 0 Å². The molecule has 0 unspecified atom stereocenters. The van der Waals surface area contributed by atoms with Gasteiger partial charge in [-0.3, -0.25) is 19.2 Å². The first-order chi connectivity index (χ1) is 13.1. The van der Waals surface area contributed by atoms with Crippen LogP contribution in [-0.2, 0) is 19.1 Å². The van der Waals surface area contributed by atoms with Crippen molar-refractivity contribution in [3.05, 3.63) is 22.4 Å². The molecule has 0 bridgehead atoms. The minimum atomic E-state index is -0.517. The third kappa shape index (κ3) is 4.92. The van der Waals surface area contributed by atoms with E-state index in [0.29, 0.717) is 57.4 Å². The Morgan fingerprint density at radius 2 is 1.44 bits per heavy atom. The largest absolute Gasteiger partial charge is 0.378 e. The van der Waals surface area contributed by atoms with E-state index in [1.807, 2.05) is 11.4 Å². The van der Waals surface area contributed by atoms with E-state index in [9.17, 15) is 19.2 Å². The summed E-state index contributed by atoms with van der Waals surface area (Å²) in [6.45, 7) is 3.20. The van der Waals surface area contributed by atoms with Gasteiger partial charge in [-0.1, -0.05) is 6.07 Å². The zero-order valence-electron chi connectivity index (χ0n) is 15.1. The lowest BCUT2D eigenvalue weighted by molar-refractivity contribution is -0.155. The summed E-state index contributed by atoms with van der Waals surface area (Å²) in [5.74, 6) is -1.13. The third-order valence-corrected chi connectivity index (χ3v) is 5.67. The van der Waals surface area contributed by atoms with E-state index in [0.717, 1.165) is 0 Å². The Kier molecular flexibility index (Phi) is 6.57. The molecule has 0 aromatic carbocycles. The number of rotatable bonds is 4. The Labute approximate surface area is 161 Å². The van der Waals surface area contributed by atoms with E-state index in [-0.39, 0.29) is 24.5 Å². The Balaban J connectivity index is 1.42. The van der Waals surface area contributed by atoms with Crippen molar-refractivity contribution in [2.24, 2.45) is 0 Å². The van der Waals surface area contributed by atoms with Crippen LogP contribution >= 0.6 is 11.3 Å². The Hall–Kier alpha value is -2.26. The standard InChI is InChI=1S/C18H23N3O5S/c22-14(15-2-1-13-27-15)3-4-16(23)19-5-7-20(8-6-19)17(24)18(25)21-9-11-26-12-10-21/h1-2,13H,3-12H2. The molecule has 0 spiro atoms. The highest BCUT2D eigenvalue weighted by Gasteiger charge is 2.31. The van der Waals surface area contributed by atoms with Gasteiger partial charge in [-0.05, 0) is 11.4 Å². The van der Waals surface area contributed by atoms with Gasteiger partial charge in [0.25, 0.3) is 0 Å². The fourth-order valence-electron chi connectivity index (χ4n) is 3.13. The van der Waals surface area contributed by atoms with E-state index in [1.165, 1.54) is 21.1 Å². The number of hydrogen-bond donors (Lipinski definition) is 0. The smallest absolute Gasteiger partial charge is 0.312 e. The molecule has 2 fully saturated rings. The summed E-state index contributed by atoms with van der Waals surface area (Å²) < 4.78 is 5.19. The van der Waals surface area contributed by atoms with Gasteiger partial charge in [0.2, 0.25) is 5.91 Å². The molecule has 0 radical (unpaired) electrons. The van der Waals surface area contributed by atoms with Gasteiger partial charge in [-0.25, -0.2) is 0 Å². The van der Waals surface area contributed by atoms with Crippen LogP contribution in [-0.4, -0.2) is 90.7 Å². The molecule has 1 aromatic rings. The second-order valence-electron chi connectivity index (χ2n) is 6.48. The summed E-state index contributed by atoms with van der Waals surface area (Å²) in [5, 5.41) is 1.84. The lowest BCUT2D eigenvalue weighted by Crippen LogP contribution is -2.55. The Morgan fingerprint density at radius 1 is 0.852 bits per heavy atom. The molecule has 9 heteroatoms. The Bertz CT molecular complexity index is 692. The van der Waals surface area contributed by atoms with E-state index in [1.54, 1.807) is 11.0 Å². The normalized spacial score (nSPS) is 17.7. The van der Waals surface area contributed by atoms with Crippen molar-refractivity contribution in [1.82, 2.24) is 14.7 Å². The minimum Gasteiger partial charge on any atom is -0.378 e. The van der Waals surface area contributed by atoms with E-state index in [4.69, 9.17) is 4.74 Å². The molecule has 1 aromatic heterocycles. The van der Waals surface area contributed by atoms with Crippen LogP contribution in [0.1, 0.15) is 22.5 Å². The number of carbonyl (C=O) groups is 4. The SMILES string of the molecule is O=C(CCC(=O)N1CCN(C(=O)C(=O)N2CCOCC2)CC1)c1cccs1. The molecule has 0 saturated carbocycles. The molecule has 27 heavy (non-hydrogen) atoms. The summed E-state index contributed by atoms with van der Waals surface area (Å²) in [7, 11) is 0. The van der Waals surface area contributed by atoms with Crippen molar-refractivity contribution in [1.29, 1.82) is 0 Å². The van der Waals surface area contributed by atoms with Crippen molar-refractivity contribution in [2.75, 3.05) is 52.5 Å². The number of thiophene rings is 1. The Morgan fingerprint density at radius 3 is 2.04 bits per heavy atom. The van der Waals surface area contributed by atoms with Gasteiger partial charge in [0.1, 0.15) is 0 Å². The van der Waals surface area contributed by atoms with Gasteiger partial charge in [-0.2, -0.15) is 0 Å². The van der Waals surface area contributed by atoms with Gasteiger partial charge in [0.15, 0.2) is 5.78 Å². The van der Waals surface area contributed by atoms with Gasteiger partial charge in [0, 0.05) is 52.1 Å². The van der Waals surface area contributed by atoms with Crippen LogP contribution in [0.2, 0.25) is 0 Å². The van der Waals surface area contributed by atoms with Crippen molar-refractivity contribution >= 4 is 34.8 Å². The second-order valence-corrected chi connectivity index (χ2v) is 7.43. The summed E-state index contributed by atoms with van der Waals surface area (Å²) in [4.78, 5) is 54.3. The molecule has 3 rings (SSSR count). The maximum absolute atomic E-state index is 12.4. The van der Waals surface area contributed by atoms with Crippen molar-refractivity contribution in [3.8, 4) is 0 Å². The van der Waals surface area contributed by atoms with Crippen molar-refractivity contribution < 1.29 is 23.9 Å². The minimum absolute atomic E-state index is 0.0247. The fraction of sp³-hybridized carbons (Fsp3) is 0.556. The summed E-state index contributed by atoms with van der Waals surface area (Å²) >= 11 is 1.37. The molecule has 8 nitrogen and oxygen atoms in total. The van der Waals surface area contributed by atoms with Crippen LogP contribution in [0.5, 0.6) is 0 Å². The van der Waals surface area contributed by atoms with Crippen LogP contribution < -0.4 is 0 Å². The maximum Gasteiger partial charge on any atom is 0.312 e. The highest BCUT2D eigenvalue weighted by atomic mass is 32.1. The van der Waals surface area contributed by atoms with Crippen LogP contribution in [0.3, 0.4) is 0 Å². The van der Waals surface area contributed by atoms with Crippen molar-refractivity contribution in [2.45, 2.75) is 12.8 Å². The molecule has 0 atom stereocenters. The van der Waals surface area contributed by atoms with Gasteiger partial charge < -0.3 is 19.4 Å². The predicted octanol–water partition coefficient (Wildman–Crippen LogP) is 0.241. The van der Waals surface area contributed by atoms with Crippen LogP contribution in [0.15, 0.2) is 17.5 Å². The molecule has 2 aliphatic heterocycles. The number of Topliss-reactive ketones (excluding diaryl/α,β-unsaturated/α-hetero) is 1. The second kappa shape index (κ2) is 9.09. The zero-order chi connectivity index (χ0) is 19.2. The molecule has 2 saturated heterocycles. The molecule has 0 N–H and O–H groups in total. The predicted molar refractivity (Wildman–Crippen MR) is 98.4 cm³/mol. The summed E-state index contributed by atoms with van der Waals surface area (Å²) in [6.07, 6.45) is 0.353. The molecule has 3 amide bonds.